The third-order valence-corrected chi connectivity index (χ3v) is 3.19. The van der Waals surface area contributed by atoms with E-state index in [-0.39, 0.29) is 36.9 Å². The van der Waals surface area contributed by atoms with Crippen LogP contribution in [0.25, 0.3) is 0 Å². The molecule has 0 atom stereocenters. The van der Waals surface area contributed by atoms with Crippen molar-refractivity contribution in [2.24, 2.45) is 5.41 Å². The number of ketones is 2. The summed E-state index contributed by atoms with van der Waals surface area (Å²) in [4.78, 5) is 35.6. The Labute approximate surface area is 132 Å². The number of hydrogen-bond acceptors (Lipinski definition) is 4. The molecule has 0 heterocycles. The van der Waals surface area contributed by atoms with Gasteiger partial charge in [-0.1, -0.05) is 33.1 Å². The van der Waals surface area contributed by atoms with Gasteiger partial charge in [0, 0.05) is 0 Å². The zero-order valence-electron chi connectivity index (χ0n) is 12.6. The summed E-state index contributed by atoms with van der Waals surface area (Å²) in [7, 11) is 0. The summed E-state index contributed by atoms with van der Waals surface area (Å²) in [6.45, 7) is 6.78. The number of esters is 1. The van der Waals surface area contributed by atoms with Gasteiger partial charge in [-0.2, -0.15) is 0 Å². The molecule has 110 valence electrons. The molecule has 0 bridgehead atoms. The van der Waals surface area contributed by atoms with Gasteiger partial charge in [-0.15, -0.1) is 0 Å². The van der Waals surface area contributed by atoms with Crippen LogP contribution in [0.5, 0.6) is 0 Å². The van der Waals surface area contributed by atoms with Crippen molar-refractivity contribution in [1.29, 1.82) is 0 Å². The van der Waals surface area contributed by atoms with Crippen LogP contribution in [0, 0.1) is 5.41 Å². The van der Waals surface area contributed by atoms with Crippen molar-refractivity contribution in [2.45, 2.75) is 59.8 Å². The summed E-state index contributed by atoms with van der Waals surface area (Å²) in [6, 6.07) is 0. The second kappa shape index (κ2) is 10.4. The van der Waals surface area contributed by atoms with Crippen LogP contribution >= 0.6 is 0 Å². The van der Waals surface area contributed by atoms with Crippen LogP contribution in [0.15, 0.2) is 0 Å². The quantitative estimate of drug-likeness (QED) is 0.266. The molecule has 0 aliphatic heterocycles. The number of rotatable bonds is 9. The SMILES string of the molecule is CCCCOC(=O)C(CCCC)(C(C)=O)C(C)=O.[SnH2]. The van der Waals surface area contributed by atoms with Crippen molar-refractivity contribution >= 4 is 41.4 Å². The molecule has 4 nitrogen and oxygen atoms in total. The first-order valence-electron chi connectivity index (χ1n) is 6.62. The van der Waals surface area contributed by atoms with Crippen LogP contribution < -0.4 is 0 Å². The van der Waals surface area contributed by atoms with E-state index in [0.717, 1.165) is 19.3 Å². The van der Waals surface area contributed by atoms with Gasteiger partial charge < -0.3 is 4.74 Å². The topological polar surface area (TPSA) is 60.4 Å². The Morgan fingerprint density at radius 3 is 1.79 bits per heavy atom. The van der Waals surface area contributed by atoms with E-state index in [4.69, 9.17) is 4.74 Å². The van der Waals surface area contributed by atoms with Gasteiger partial charge in [0.25, 0.3) is 0 Å². The van der Waals surface area contributed by atoms with Crippen LogP contribution in [0.3, 0.4) is 0 Å². The number of ether oxygens (including phenoxy) is 1. The van der Waals surface area contributed by atoms with Crippen molar-refractivity contribution in [1.82, 2.24) is 0 Å². The average Bonchev–Trinajstić information content (AvgIpc) is 2.29. The molecule has 0 saturated carbocycles. The molecule has 2 radical (unpaired) electrons. The van der Waals surface area contributed by atoms with Gasteiger partial charge in [-0.25, -0.2) is 0 Å². The van der Waals surface area contributed by atoms with Crippen LogP contribution in [0.2, 0.25) is 0 Å². The fraction of sp³-hybridized carbons (Fsp3) is 0.786. The summed E-state index contributed by atoms with van der Waals surface area (Å²) in [5, 5.41) is 0. The Morgan fingerprint density at radius 2 is 1.42 bits per heavy atom. The fourth-order valence-corrected chi connectivity index (χ4v) is 1.86. The first-order chi connectivity index (χ1) is 8.43. The van der Waals surface area contributed by atoms with E-state index in [1.54, 1.807) is 0 Å². The third kappa shape index (κ3) is 5.63. The van der Waals surface area contributed by atoms with E-state index >= 15 is 0 Å². The van der Waals surface area contributed by atoms with E-state index in [1.807, 2.05) is 13.8 Å². The Hall–Kier alpha value is -0.391. The summed E-state index contributed by atoms with van der Waals surface area (Å²) >= 11 is 0. The molecular formula is C14H26O4Sn. The molecule has 0 unspecified atom stereocenters. The average molecular weight is 377 g/mol. The third-order valence-electron chi connectivity index (χ3n) is 3.19. The fourth-order valence-electron chi connectivity index (χ4n) is 1.86. The van der Waals surface area contributed by atoms with Crippen molar-refractivity contribution < 1.29 is 19.1 Å². The molecule has 5 heteroatoms. The molecular weight excluding hydrogens is 351 g/mol. The molecule has 0 aromatic carbocycles. The first kappa shape index (κ1) is 20.9. The van der Waals surface area contributed by atoms with E-state index in [2.05, 4.69) is 0 Å². The maximum atomic E-state index is 12.1. The van der Waals surface area contributed by atoms with Gasteiger partial charge in [0.1, 0.15) is 0 Å². The van der Waals surface area contributed by atoms with E-state index < -0.39 is 23.0 Å². The van der Waals surface area contributed by atoms with Gasteiger partial charge in [-0.3, -0.25) is 14.4 Å². The summed E-state index contributed by atoms with van der Waals surface area (Å²) in [5.41, 5.74) is -1.58. The zero-order valence-corrected chi connectivity index (χ0v) is 16.6. The van der Waals surface area contributed by atoms with Gasteiger partial charge in [0.15, 0.2) is 17.0 Å². The zero-order chi connectivity index (χ0) is 14.2. The molecule has 0 amide bonds. The second-order valence-corrected chi connectivity index (χ2v) is 4.61. The number of unbranched alkanes of at least 4 members (excludes halogenated alkanes) is 2. The summed E-state index contributed by atoms with van der Waals surface area (Å²) < 4.78 is 5.09. The van der Waals surface area contributed by atoms with Gasteiger partial charge in [0.2, 0.25) is 0 Å². The summed E-state index contributed by atoms with van der Waals surface area (Å²) in [5.74, 6) is -1.50. The molecule has 0 aliphatic carbocycles. The molecule has 0 aromatic heterocycles. The Morgan fingerprint density at radius 1 is 0.947 bits per heavy atom. The standard InChI is InChI=1S/C14H24O4.Sn.2H/c1-5-7-9-14(11(3)15,12(4)16)13(17)18-10-8-6-2;;;/h5-10H2,1-4H3;;;. The van der Waals surface area contributed by atoms with Crippen LogP contribution in [-0.4, -0.2) is 48.1 Å². The van der Waals surface area contributed by atoms with E-state index in [1.165, 1.54) is 13.8 Å². The van der Waals surface area contributed by atoms with E-state index in [9.17, 15) is 14.4 Å². The normalized spacial score (nSPS) is 10.5. The summed E-state index contributed by atoms with van der Waals surface area (Å²) in [6.07, 6.45) is 3.37. The van der Waals surface area contributed by atoms with Crippen LogP contribution in [0.1, 0.15) is 59.8 Å². The second-order valence-electron chi connectivity index (χ2n) is 4.61. The van der Waals surface area contributed by atoms with Gasteiger partial charge in [-0.05, 0) is 26.7 Å². The molecule has 0 rings (SSSR count). The molecule has 0 N–H and O–H groups in total. The van der Waals surface area contributed by atoms with Crippen molar-refractivity contribution in [2.75, 3.05) is 6.61 Å². The molecule has 0 aliphatic rings. The molecule has 0 aromatic rings. The number of hydrogen-bond donors (Lipinski definition) is 0. The minimum atomic E-state index is -1.58. The minimum absolute atomic E-state index is 0. The van der Waals surface area contributed by atoms with Crippen molar-refractivity contribution in [3.8, 4) is 0 Å². The Bertz CT molecular complexity index is 299. The Kier molecular flexibility index (Phi) is 11.5. The van der Waals surface area contributed by atoms with Crippen LogP contribution in [0.4, 0.5) is 0 Å². The monoisotopic (exact) mass is 378 g/mol. The van der Waals surface area contributed by atoms with Crippen molar-refractivity contribution in [3.63, 3.8) is 0 Å². The number of carbonyl (C=O) groups excluding carboxylic acids is 3. The number of carbonyl (C=O) groups is 3. The van der Waals surface area contributed by atoms with Crippen LogP contribution in [-0.2, 0) is 19.1 Å². The number of Topliss-reactive ketones (excluding diaryl/α,β-unsaturated/α-hetero) is 2. The van der Waals surface area contributed by atoms with E-state index in [0.29, 0.717) is 6.42 Å². The predicted octanol–water partition coefficient (Wildman–Crippen LogP) is 1.77. The maximum absolute atomic E-state index is 12.1. The van der Waals surface area contributed by atoms with Gasteiger partial charge in [0.05, 0.1) is 6.61 Å². The molecule has 0 fully saturated rings. The molecule has 0 saturated heterocycles. The van der Waals surface area contributed by atoms with Gasteiger partial charge >= 0.3 is 29.9 Å². The molecule has 19 heavy (non-hydrogen) atoms. The first-order valence-corrected chi connectivity index (χ1v) is 6.62. The Balaban J connectivity index is 0. The molecule has 0 spiro atoms. The predicted molar refractivity (Wildman–Crippen MR) is 77.7 cm³/mol. The van der Waals surface area contributed by atoms with Crippen molar-refractivity contribution in [3.05, 3.63) is 0 Å².